The summed E-state index contributed by atoms with van der Waals surface area (Å²) in [5.74, 6) is -1.88. The third-order valence-electron chi connectivity index (χ3n) is 5.60. The van der Waals surface area contributed by atoms with Crippen LogP contribution in [0.25, 0.3) is 22.3 Å². The minimum absolute atomic E-state index is 0.0429. The second-order valence-electron chi connectivity index (χ2n) is 7.49. The van der Waals surface area contributed by atoms with Gasteiger partial charge in [-0.3, -0.25) is 9.59 Å². The highest BCUT2D eigenvalue weighted by Crippen LogP contribution is 2.52. The lowest BCUT2D eigenvalue weighted by atomic mass is 9.84. The first kappa shape index (κ1) is 19.7. The van der Waals surface area contributed by atoms with E-state index in [0.717, 1.165) is 0 Å². The Morgan fingerprint density at radius 1 is 0.969 bits per heavy atom. The number of esters is 1. The Labute approximate surface area is 182 Å². The highest BCUT2D eigenvalue weighted by molar-refractivity contribution is 5.96. The van der Waals surface area contributed by atoms with Crippen molar-refractivity contribution >= 4 is 16.9 Å². The summed E-state index contributed by atoms with van der Waals surface area (Å²) in [6.45, 7) is 0. The number of phenolic OH excluding ortho intramolecular Hbond substituents is 2. The van der Waals surface area contributed by atoms with Crippen LogP contribution in [0.1, 0.15) is 23.5 Å². The summed E-state index contributed by atoms with van der Waals surface area (Å²) in [6, 6.07) is 17.4. The molecule has 7 heteroatoms. The molecule has 1 aromatic heterocycles. The van der Waals surface area contributed by atoms with E-state index in [1.165, 1.54) is 13.2 Å². The Balaban J connectivity index is 1.86. The van der Waals surface area contributed by atoms with E-state index < -0.39 is 28.8 Å². The molecule has 0 saturated carbocycles. The molecule has 5 rings (SSSR count). The monoisotopic (exact) mass is 430 g/mol. The predicted molar refractivity (Wildman–Crippen MR) is 116 cm³/mol. The van der Waals surface area contributed by atoms with E-state index in [4.69, 9.17) is 13.9 Å². The molecule has 4 aromatic rings. The number of benzene rings is 3. The lowest BCUT2D eigenvalue weighted by Crippen LogP contribution is -2.22. The summed E-state index contributed by atoms with van der Waals surface area (Å²) in [5, 5.41) is 21.0. The Morgan fingerprint density at radius 3 is 2.50 bits per heavy atom. The van der Waals surface area contributed by atoms with Gasteiger partial charge in [-0.25, -0.2) is 0 Å². The van der Waals surface area contributed by atoms with Crippen LogP contribution in [-0.4, -0.2) is 23.3 Å². The summed E-state index contributed by atoms with van der Waals surface area (Å²) in [5.41, 5.74) is 1.22. The van der Waals surface area contributed by atoms with Crippen molar-refractivity contribution < 1.29 is 28.9 Å². The zero-order valence-corrected chi connectivity index (χ0v) is 17.0. The minimum atomic E-state index is -0.689. The van der Waals surface area contributed by atoms with Crippen LogP contribution in [0.4, 0.5) is 0 Å². The van der Waals surface area contributed by atoms with Crippen LogP contribution < -0.4 is 14.9 Å². The van der Waals surface area contributed by atoms with Gasteiger partial charge < -0.3 is 24.1 Å². The zero-order valence-electron chi connectivity index (χ0n) is 17.0. The number of rotatable bonds is 3. The molecule has 0 radical (unpaired) electrons. The van der Waals surface area contributed by atoms with Gasteiger partial charge in [0, 0.05) is 17.5 Å². The lowest BCUT2D eigenvalue weighted by Gasteiger charge is -2.27. The van der Waals surface area contributed by atoms with Gasteiger partial charge in [-0.2, -0.15) is 0 Å². The Bertz CT molecular complexity index is 1420. The fourth-order valence-corrected chi connectivity index (χ4v) is 4.10. The lowest BCUT2D eigenvalue weighted by molar-refractivity contribution is -0.135. The molecule has 0 fully saturated rings. The summed E-state index contributed by atoms with van der Waals surface area (Å²) < 4.78 is 16.7. The maximum absolute atomic E-state index is 13.0. The van der Waals surface area contributed by atoms with Crippen LogP contribution in [0.5, 0.6) is 23.0 Å². The van der Waals surface area contributed by atoms with Crippen LogP contribution in [0.2, 0.25) is 0 Å². The van der Waals surface area contributed by atoms with Gasteiger partial charge in [-0.1, -0.05) is 42.5 Å². The van der Waals surface area contributed by atoms with Crippen molar-refractivity contribution in [2.45, 2.75) is 12.3 Å². The highest BCUT2D eigenvalue weighted by Gasteiger charge is 2.36. The molecule has 3 aromatic carbocycles. The molecule has 1 aliphatic rings. The Hall–Kier alpha value is -4.26. The molecule has 0 unspecified atom stereocenters. The number of methoxy groups -OCH3 is 1. The second-order valence-corrected chi connectivity index (χ2v) is 7.49. The second kappa shape index (κ2) is 7.46. The Morgan fingerprint density at radius 2 is 1.75 bits per heavy atom. The minimum Gasteiger partial charge on any atom is -0.504 e. The summed E-state index contributed by atoms with van der Waals surface area (Å²) >= 11 is 0. The molecule has 0 saturated heterocycles. The summed E-state index contributed by atoms with van der Waals surface area (Å²) in [7, 11) is 1.53. The smallest absolute Gasteiger partial charge is 0.312 e. The van der Waals surface area contributed by atoms with E-state index in [1.807, 2.05) is 24.3 Å². The van der Waals surface area contributed by atoms with Crippen molar-refractivity contribution in [3.63, 3.8) is 0 Å². The quantitative estimate of drug-likeness (QED) is 0.283. The molecule has 160 valence electrons. The fourth-order valence-electron chi connectivity index (χ4n) is 4.10. The van der Waals surface area contributed by atoms with Gasteiger partial charge >= 0.3 is 5.97 Å². The normalized spacial score (nSPS) is 15.3. The largest absolute Gasteiger partial charge is 0.504 e. The van der Waals surface area contributed by atoms with E-state index in [0.29, 0.717) is 22.4 Å². The first-order valence-corrected chi connectivity index (χ1v) is 9.93. The molecule has 0 spiro atoms. The van der Waals surface area contributed by atoms with E-state index in [-0.39, 0.29) is 28.9 Å². The van der Waals surface area contributed by atoms with Gasteiger partial charge in [0.1, 0.15) is 22.5 Å². The topological polar surface area (TPSA) is 106 Å². The van der Waals surface area contributed by atoms with Gasteiger partial charge in [0.25, 0.3) is 0 Å². The molecule has 2 heterocycles. The van der Waals surface area contributed by atoms with Gasteiger partial charge in [-0.15, -0.1) is 0 Å². The predicted octanol–water partition coefficient (Wildman–Crippen LogP) is 4.32. The van der Waals surface area contributed by atoms with E-state index in [2.05, 4.69) is 0 Å². The number of hydrogen-bond donors (Lipinski definition) is 2. The number of aromatic hydroxyl groups is 2. The van der Waals surface area contributed by atoms with Crippen LogP contribution >= 0.6 is 0 Å². The molecular weight excluding hydrogens is 412 g/mol. The maximum atomic E-state index is 13.0. The number of hydrogen-bond acceptors (Lipinski definition) is 7. The molecule has 1 atom stereocenters. The first-order valence-electron chi connectivity index (χ1n) is 9.93. The van der Waals surface area contributed by atoms with E-state index >= 15 is 0 Å². The van der Waals surface area contributed by atoms with E-state index in [9.17, 15) is 19.8 Å². The zero-order chi connectivity index (χ0) is 22.4. The van der Waals surface area contributed by atoms with Crippen LogP contribution in [0.3, 0.4) is 0 Å². The average molecular weight is 430 g/mol. The summed E-state index contributed by atoms with van der Waals surface area (Å²) in [6.07, 6.45) is -0.0429. The number of phenols is 2. The molecule has 0 aliphatic carbocycles. The van der Waals surface area contributed by atoms with Crippen molar-refractivity contribution in [2.75, 3.05) is 7.11 Å². The molecule has 2 N–H and O–H groups in total. The van der Waals surface area contributed by atoms with Crippen LogP contribution in [0, 0.1) is 0 Å². The Kier molecular flexibility index (Phi) is 4.59. The van der Waals surface area contributed by atoms with Gasteiger partial charge in [0.2, 0.25) is 5.75 Å². The number of ether oxygens (including phenoxy) is 2. The van der Waals surface area contributed by atoms with Crippen molar-refractivity contribution in [2.24, 2.45) is 0 Å². The molecule has 0 bridgehead atoms. The molecule has 32 heavy (non-hydrogen) atoms. The van der Waals surface area contributed by atoms with Gasteiger partial charge in [0.05, 0.1) is 19.1 Å². The van der Waals surface area contributed by atoms with Gasteiger partial charge in [-0.05, 0) is 17.7 Å². The van der Waals surface area contributed by atoms with Crippen molar-refractivity contribution in [3.8, 4) is 34.3 Å². The van der Waals surface area contributed by atoms with Gasteiger partial charge in [0.15, 0.2) is 16.9 Å². The molecule has 1 aliphatic heterocycles. The number of carbonyl (C=O) groups is 1. The number of carbonyl (C=O) groups excluding carboxylic acids is 1. The third-order valence-corrected chi connectivity index (χ3v) is 5.60. The first-order chi connectivity index (χ1) is 15.5. The maximum Gasteiger partial charge on any atom is 0.312 e. The summed E-state index contributed by atoms with van der Waals surface area (Å²) in [4.78, 5) is 25.4. The third kappa shape index (κ3) is 3.06. The fraction of sp³-hybridized carbons (Fsp3) is 0.120. The molecule has 7 nitrogen and oxygen atoms in total. The van der Waals surface area contributed by atoms with Crippen LogP contribution in [0.15, 0.2) is 69.9 Å². The van der Waals surface area contributed by atoms with Crippen molar-refractivity contribution in [1.29, 1.82) is 0 Å². The SMILES string of the molecule is COc1cccc([C@@H]2CC(=O)Oc3c(O)c(O)c4c(=O)cc(-c5ccccc5)oc4c32)c1. The highest BCUT2D eigenvalue weighted by atomic mass is 16.5. The standard InChI is InChI=1S/C25H18O7/c1-30-15-9-5-8-14(10-15)16-11-19(27)32-25-20(16)24-21(22(28)23(25)29)17(26)12-18(31-24)13-6-3-2-4-7-13/h2-10,12,16,28-29H,11H2,1H3/t16-/m0/s1. The van der Waals surface area contributed by atoms with E-state index in [1.54, 1.807) is 30.3 Å². The number of fused-ring (bicyclic) bond motifs is 3. The van der Waals surface area contributed by atoms with Crippen molar-refractivity contribution in [1.82, 2.24) is 0 Å². The van der Waals surface area contributed by atoms with Crippen molar-refractivity contribution in [3.05, 3.63) is 82.0 Å². The average Bonchev–Trinajstić information content (AvgIpc) is 2.82. The molecular formula is C25H18O7. The van der Waals surface area contributed by atoms with Crippen LogP contribution in [-0.2, 0) is 4.79 Å². The molecule has 0 amide bonds.